The Morgan fingerprint density at radius 3 is 2.37 bits per heavy atom. The van der Waals surface area contributed by atoms with E-state index in [1.54, 1.807) is 38.1 Å². The summed E-state index contributed by atoms with van der Waals surface area (Å²) in [6.45, 7) is 4.16. The summed E-state index contributed by atoms with van der Waals surface area (Å²) in [5, 5.41) is 30.2. The largest absolute Gasteiger partial charge is 0.504 e. The number of esters is 1. The van der Waals surface area contributed by atoms with Crippen LogP contribution in [0.25, 0.3) is 17.5 Å². The maximum Gasteiger partial charge on any atom is 0.337 e. The first-order valence-corrected chi connectivity index (χ1v) is 12.4. The number of thiazole rings is 1. The number of nitrogens with two attached hydrogens (primary N) is 1. The molecule has 38 heavy (non-hydrogen) atoms. The lowest BCUT2D eigenvalue weighted by Gasteiger charge is -2.24. The van der Waals surface area contributed by atoms with Gasteiger partial charge in [0.15, 0.2) is 23.0 Å². The topological polar surface area (TPSA) is 157 Å². The highest BCUT2D eigenvalue weighted by Gasteiger charge is 2.36. The minimum atomic E-state index is -0.976. The molecule has 0 bridgehead atoms. The Hall–Kier alpha value is -4.69. The Labute approximate surface area is 221 Å². The standard InChI is InChI=1S/C27H25N3O7S/c1-4-36-19-10-14(6-8-17(19)31)11-21-25(33)30-24(29)16(13-28)22(23(26(30)38-21)27(34)35-3)15-7-9-18(32)20(12-15)37-5-2/h6-12,22,31-32H,4-5,29H2,1-3H3/b21-11+. The van der Waals surface area contributed by atoms with Gasteiger partial charge < -0.3 is 30.2 Å². The fraction of sp³-hybridized carbons (Fsp3) is 0.222. The van der Waals surface area contributed by atoms with Gasteiger partial charge in [-0.3, -0.25) is 9.36 Å². The van der Waals surface area contributed by atoms with Gasteiger partial charge in [0, 0.05) is 0 Å². The molecular weight excluding hydrogens is 510 g/mol. The Balaban J connectivity index is 2.04. The summed E-state index contributed by atoms with van der Waals surface area (Å²) in [7, 11) is 1.21. The van der Waals surface area contributed by atoms with Crippen LogP contribution in [0.2, 0.25) is 0 Å². The molecule has 0 amide bonds. The predicted molar refractivity (Wildman–Crippen MR) is 141 cm³/mol. The number of carbonyl (C=O) groups excluding carboxylic acids is 1. The molecule has 1 aliphatic heterocycles. The predicted octanol–water partition coefficient (Wildman–Crippen LogP) is 1.72. The lowest BCUT2D eigenvalue weighted by atomic mass is 9.83. The second-order valence-electron chi connectivity index (χ2n) is 8.13. The molecule has 0 radical (unpaired) electrons. The summed E-state index contributed by atoms with van der Waals surface area (Å²) in [5.74, 6) is -1.55. The average molecular weight is 536 g/mol. The summed E-state index contributed by atoms with van der Waals surface area (Å²) in [6.07, 6.45) is 1.58. The molecule has 11 heteroatoms. The number of benzene rings is 2. The van der Waals surface area contributed by atoms with Crippen molar-refractivity contribution in [1.29, 1.82) is 5.26 Å². The number of fused-ring (bicyclic) bond motifs is 1. The number of aromatic nitrogens is 1. The number of carbonyl (C=O) groups is 1. The van der Waals surface area contributed by atoms with E-state index in [4.69, 9.17) is 19.9 Å². The van der Waals surface area contributed by atoms with E-state index in [0.717, 1.165) is 15.9 Å². The smallest absolute Gasteiger partial charge is 0.337 e. The van der Waals surface area contributed by atoms with E-state index in [1.165, 1.54) is 25.3 Å². The number of nitriles is 1. The third-order valence-electron chi connectivity index (χ3n) is 5.87. The molecule has 0 fully saturated rings. The van der Waals surface area contributed by atoms with Gasteiger partial charge in [-0.25, -0.2) is 4.79 Å². The molecule has 0 spiro atoms. The van der Waals surface area contributed by atoms with Crippen molar-refractivity contribution >= 4 is 34.8 Å². The lowest BCUT2D eigenvalue weighted by molar-refractivity contribution is -0.134. The molecule has 2 aromatic carbocycles. The van der Waals surface area contributed by atoms with Crippen molar-refractivity contribution in [3.8, 4) is 29.1 Å². The summed E-state index contributed by atoms with van der Waals surface area (Å²) >= 11 is 1.01. The maximum atomic E-state index is 13.5. The average Bonchev–Trinajstić information content (AvgIpc) is 3.22. The summed E-state index contributed by atoms with van der Waals surface area (Å²) in [5.41, 5.74) is 6.88. The van der Waals surface area contributed by atoms with Crippen LogP contribution in [0, 0.1) is 11.3 Å². The van der Waals surface area contributed by atoms with Gasteiger partial charge >= 0.3 is 5.97 Å². The van der Waals surface area contributed by atoms with E-state index in [-0.39, 0.29) is 55.8 Å². The molecule has 1 aromatic heterocycles. The van der Waals surface area contributed by atoms with Gasteiger partial charge in [0.2, 0.25) is 0 Å². The summed E-state index contributed by atoms with van der Waals surface area (Å²) in [4.78, 5) is 26.6. The van der Waals surface area contributed by atoms with Crippen LogP contribution in [0.5, 0.6) is 23.0 Å². The van der Waals surface area contributed by atoms with Gasteiger partial charge in [-0.05, 0) is 55.3 Å². The molecule has 1 atom stereocenters. The van der Waals surface area contributed by atoms with E-state index in [9.17, 15) is 25.1 Å². The van der Waals surface area contributed by atoms with Gasteiger partial charge in [0.05, 0.1) is 48.0 Å². The number of phenols is 2. The third-order valence-corrected chi connectivity index (χ3v) is 6.98. The summed E-state index contributed by atoms with van der Waals surface area (Å²) in [6, 6.07) is 11.2. The van der Waals surface area contributed by atoms with Crippen LogP contribution in [0.1, 0.15) is 30.9 Å². The highest BCUT2D eigenvalue weighted by Crippen LogP contribution is 2.40. The highest BCUT2D eigenvalue weighted by molar-refractivity contribution is 7.07. The number of ether oxygens (including phenoxy) is 3. The Morgan fingerprint density at radius 2 is 1.76 bits per heavy atom. The number of allylic oxidation sites excluding steroid dienone is 1. The van der Waals surface area contributed by atoms with Gasteiger partial charge in [0.1, 0.15) is 10.5 Å². The quantitative estimate of drug-likeness (QED) is 0.383. The Bertz CT molecular complexity index is 1680. The number of aromatic hydroxyl groups is 2. The molecule has 2 heterocycles. The number of hydrogen-bond acceptors (Lipinski definition) is 10. The molecule has 1 aliphatic rings. The van der Waals surface area contributed by atoms with Crippen LogP contribution in [0.4, 0.5) is 0 Å². The van der Waals surface area contributed by atoms with E-state index in [2.05, 4.69) is 0 Å². The van der Waals surface area contributed by atoms with Gasteiger partial charge in [-0.1, -0.05) is 12.1 Å². The minimum absolute atomic E-state index is 0.0271. The van der Waals surface area contributed by atoms with E-state index in [0.29, 0.717) is 17.7 Å². The Morgan fingerprint density at radius 1 is 1.13 bits per heavy atom. The number of methoxy groups -OCH3 is 1. The highest BCUT2D eigenvalue weighted by atomic mass is 32.1. The van der Waals surface area contributed by atoms with Crippen LogP contribution in [0.15, 0.2) is 46.8 Å². The zero-order valence-corrected chi connectivity index (χ0v) is 21.7. The van der Waals surface area contributed by atoms with Gasteiger partial charge in [-0.15, -0.1) is 11.3 Å². The molecule has 4 N–H and O–H groups in total. The van der Waals surface area contributed by atoms with Crippen LogP contribution in [-0.2, 0) is 9.53 Å². The molecular formula is C27H25N3O7S. The normalized spacial score (nSPS) is 15.2. The van der Waals surface area contributed by atoms with Crippen molar-refractivity contribution < 1.29 is 29.2 Å². The first-order chi connectivity index (χ1) is 18.2. The van der Waals surface area contributed by atoms with Crippen molar-refractivity contribution in [2.75, 3.05) is 20.3 Å². The fourth-order valence-corrected chi connectivity index (χ4v) is 5.38. The van der Waals surface area contributed by atoms with Gasteiger partial charge in [0.25, 0.3) is 5.56 Å². The third kappa shape index (κ3) is 4.57. The summed E-state index contributed by atoms with van der Waals surface area (Å²) < 4.78 is 17.5. The van der Waals surface area contributed by atoms with E-state index in [1.807, 2.05) is 6.07 Å². The van der Waals surface area contributed by atoms with Crippen molar-refractivity contribution in [2.45, 2.75) is 19.8 Å². The van der Waals surface area contributed by atoms with Crippen LogP contribution in [0.3, 0.4) is 0 Å². The zero-order valence-electron chi connectivity index (χ0n) is 20.8. The molecule has 0 saturated carbocycles. The van der Waals surface area contributed by atoms with Crippen LogP contribution in [-0.4, -0.2) is 41.1 Å². The van der Waals surface area contributed by atoms with Crippen LogP contribution >= 0.6 is 11.3 Å². The van der Waals surface area contributed by atoms with Crippen molar-refractivity contribution in [1.82, 2.24) is 4.57 Å². The molecule has 196 valence electrons. The van der Waals surface area contributed by atoms with Crippen molar-refractivity contribution in [3.05, 3.63) is 72.6 Å². The first-order valence-electron chi connectivity index (χ1n) is 11.6. The maximum absolute atomic E-state index is 13.5. The van der Waals surface area contributed by atoms with Crippen molar-refractivity contribution in [2.24, 2.45) is 5.73 Å². The fourth-order valence-electron chi connectivity index (χ4n) is 4.21. The zero-order chi connectivity index (χ0) is 27.6. The van der Waals surface area contributed by atoms with E-state index >= 15 is 0 Å². The lowest BCUT2D eigenvalue weighted by Crippen LogP contribution is -2.40. The Kier molecular flexibility index (Phi) is 7.45. The second-order valence-corrected chi connectivity index (χ2v) is 9.16. The van der Waals surface area contributed by atoms with Crippen molar-refractivity contribution in [3.63, 3.8) is 0 Å². The molecule has 3 aromatic rings. The van der Waals surface area contributed by atoms with Crippen LogP contribution < -0.4 is 30.0 Å². The van der Waals surface area contributed by atoms with E-state index < -0.39 is 17.4 Å². The van der Waals surface area contributed by atoms with Gasteiger partial charge in [-0.2, -0.15) is 5.26 Å². The SMILES string of the molecule is CCOc1cc(/C=c2/sc3n(c2=O)C(N)=C(C#N)C(c2ccc(O)c(OCC)c2)C=3C(=O)OC)ccc1O. The number of hydrogen-bond donors (Lipinski definition) is 3. The molecule has 1 unspecified atom stereocenters. The number of phenolic OH excluding ortho intramolecular Hbond substituents is 2. The molecule has 0 saturated heterocycles. The molecule has 10 nitrogen and oxygen atoms in total. The first kappa shape index (κ1) is 26.4. The number of nitrogens with zero attached hydrogens (tertiary/aromatic N) is 2. The molecule has 4 rings (SSSR count). The molecule has 0 aliphatic carbocycles. The second kappa shape index (κ2) is 10.7. The number of rotatable bonds is 7. The monoisotopic (exact) mass is 535 g/mol. The minimum Gasteiger partial charge on any atom is -0.504 e.